The second kappa shape index (κ2) is 6.44. The Labute approximate surface area is 123 Å². The number of anilines is 3. The maximum Gasteiger partial charge on any atom is 0.340 e. The van der Waals surface area contributed by atoms with Crippen LogP contribution in [0.25, 0.3) is 0 Å². The molecule has 5 nitrogen and oxygen atoms in total. The molecule has 0 aliphatic carbocycles. The minimum absolute atomic E-state index is 0.371. The molecule has 0 heterocycles. The molecule has 0 spiro atoms. The zero-order valence-electron chi connectivity index (χ0n) is 11.6. The third kappa shape index (κ3) is 3.51. The van der Waals surface area contributed by atoms with Crippen LogP contribution in [-0.4, -0.2) is 13.1 Å². The number of carbonyl (C=O) groups excluding carboxylic acids is 1. The van der Waals surface area contributed by atoms with Crippen molar-refractivity contribution in [2.45, 2.75) is 6.42 Å². The lowest BCUT2D eigenvalue weighted by Gasteiger charge is -2.12. The molecule has 0 radical (unpaired) electrons. The van der Waals surface area contributed by atoms with E-state index in [1.165, 1.54) is 7.11 Å². The number of methoxy groups -OCH3 is 1. The number of nitrogens with two attached hydrogens (primary N) is 1. The Morgan fingerprint density at radius 1 is 1.29 bits per heavy atom. The van der Waals surface area contributed by atoms with Crippen molar-refractivity contribution in [2.24, 2.45) is 0 Å². The van der Waals surface area contributed by atoms with E-state index < -0.39 is 5.97 Å². The molecule has 3 N–H and O–H groups in total. The molecule has 0 aliphatic rings. The van der Waals surface area contributed by atoms with E-state index in [0.717, 1.165) is 11.3 Å². The Morgan fingerprint density at radius 3 is 2.62 bits per heavy atom. The van der Waals surface area contributed by atoms with Crippen LogP contribution in [0.2, 0.25) is 0 Å². The highest BCUT2D eigenvalue weighted by Gasteiger charge is 2.12. The predicted octanol–water partition coefficient (Wildman–Crippen LogP) is 2.87. The normalized spacial score (nSPS) is 9.71. The maximum atomic E-state index is 11.8. The quantitative estimate of drug-likeness (QED) is 0.664. The zero-order valence-corrected chi connectivity index (χ0v) is 11.6. The fraction of sp³-hybridized carbons (Fsp3) is 0.125. The summed E-state index contributed by atoms with van der Waals surface area (Å²) in [6.07, 6.45) is 0.371. The first-order valence-corrected chi connectivity index (χ1v) is 6.35. The summed E-state index contributed by atoms with van der Waals surface area (Å²) in [5.41, 5.74) is 8.93. The number of carbonyl (C=O) groups is 1. The Morgan fingerprint density at radius 2 is 2.00 bits per heavy atom. The Kier molecular flexibility index (Phi) is 4.42. The zero-order chi connectivity index (χ0) is 15.2. The first-order valence-electron chi connectivity index (χ1n) is 6.35. The van der Waals surface area contributed by atoms with Gasteiger partial charge in [-0.3, -0.25) is 0 Å². The van der Waals surface area contributed by atoms with Crippen LogP contribution in [0, 0.1) is 11.3 Å². The number of hydrogen-bond acceptors (Lipinski definition) is 5. The van der Waals surface area contributed by atoms with Gasteiger partial charge in [0, 0.05) is 11.4 Å². The number of esters is 1. The molecule has 0 saturated carbocycles. The monoisotopic (exact) mass is 281 g/mol. The highest BCUT2D eigenvalue weighted by atomic mass is 16.5. The van der Waals surface area contributed by atoms with Crippen LogP contribution in [0.3, 0.4) is 0 Å². The van der Waals surface area contributed by atoms with Gasteiger partial charge in [0.1, 0.15) is 0 Å². The van der Waals surface area contributed by atoms with Gasteiger partial charge in [0.2, 0.25) is 0 Å². The van der Waals surface area contributed by atoms with Gasteiger partial charge in [0.25, 0.3) is 0 Å². The molecule has 2 aromatic carbocycles. The smallest absolute Gasteiger partial charge is 0.340 e. The van der Waals surface area contributed by atoms with Gasteiger partial charge in [-0.1, -0.05) is 12.1 Å². The molecule has 0 atom stereocenters. The summed E-state index contributed by atoms with van der Waals surface area (Å²) in [5, 5.41) is 11.8. The fourth-order valence-electron chi connectivity index (χ4n) is 1.90. The van der Waals surface area contributed by atoms with Crippen LogP contribution < -0.4 is 11.1 Å². The molecule has 5 heteroatoms. The van der Waals surface area contributed by atoms with Crippen molar-refractivity contribution in [3.8, 4) is 6.07 Å². The van der Waals surface area contributed by atoms with E-state index in [0.29, 0.717) is 23.4 Å². The van der Waals surface area contributed by atoms with Crippen LogP contribution in [0.15, 0.2) is 42.5 Å². The largest absolute Gasteiger partial charge is 0.465 e. The summed E-state index contributed by atoms with van der Waals surface area (Å²) < 4.78 is 4.75. The van der Waals surface area contributed by atoms with Gasteiger partial charge in [-0.2, -0.15) is 5.26 Å². The Bertz CT molecular complexity index is 688. The molecule has 106 valence electrons. The summed E-state index contributed by atoms with van der Waals surface area (Å²) in [6.45, 7) is 0. The summed E-state index contributed by atoms with van der Waals surface area (Å²) in [4.78, 5) is 11.8. The highest BCUT2D eigenvalue weighted by molar-refractivity contribution is 5.97. The van der Waals surface area contributed by atoms with Gasteiger partial charge < -0.3 is 15.8 Å². The van der Waals surface area contributed by atoms with E-state index in [2.05, 4.69) is 11.4 Å². The molecule has 2 aromatic rings. The lowest BCUT2D eigenvalue weighted by molar-refractivity contribution is 0.0602. The van der Waals surface area contributed by atoms with Gasteiger partial charge in [-0.05, 0) is 35.9 Å². The highest BCUT2D eigenvalue weighted by Crippen LogP contribution is 2.24. The van der Waals surface area contributed by atoms with Crippen molar-refractivity contribution in [3.63, 3.8) is 0 Å². The molecule has 2 rings (SSSR count). The molecule has 0 aromatic heterocycles. The summed E-state index contributed by atoms with van der Waals surface area (Å²) in [7, 11) is 1.33. The molecule has 0 fully saturated rings. The van der Waals surface area contributed by atoms with Gasteiger partial charge in [-0.15, -0.1) is 0 Å². The summed E-state index contributed by atoms with van der Waals surface area (Å²) >= 11 is 0. The average Bonchev–Trinajstić information content (AvgIpc) is 2.50. The number of hydrogen-bond donors (Lipinski definition) is 2. The van der Waals surface area contributed by atoms with E-state index >= 15 is 0 Å². The number of rotatable bonds is 4. The number of nitriles is 1. The van der Waals surface area contributed by atoms with Crippen molar-refractivity contribution >= 4 is 23.0 Å². The lowest BCUT2D eigenvalue weighted by atomic mass is 10.1. The lowest BCUT2D eigenvalue weighted by Crippen LogP contribution is -2.06. The van der Waals surface area contributed by atoms with E-state index in [1.807, 2.05) is 24.3 Å². The number of nitrogens with zero attached hydrogens (tertiary/aromatic N) is 1. The Balaban J connectivity index is 2.27. The number of benzene rings is 2. The Hall–Kier alpha value is -3.00. The number of ether oxygens (including phenoxy) is 1. The van der Waals surface area contributed by atoms with Crippen molar-refractivity contribution in [2.75, 3.05) is 18.2 Å². The molecule has 21 heavy (non-hydrogen) atoms. The van der Waals surface area contributed by atoms with Crippen molar-refractivity contribution in [3.05, 3.63) is 53.6 Å². The van der Waals surface area contributed by atoms with E-state index in [1.54, 1.807) is 18.2 Å². The number of nitrogen functional groups attached to an aromatic ring is 1. The second-order valence-electron chi connectivity index (χ2n) is 4.45. The molecule has 0 unspecified atom stereocenters. The molecule has 0 saturated heterocycles. The minimum atomic E-state index is -0.453. The first-order chi connectivity index (χ1) is 10.1. The summed E-state index contributed by atoms with van der Waals surface area (Å²) in [5.74, 6) is -0.453. The van der Waals surface area contributed by atoms with Crippen LogP contribution in [0.5, 0.6) is 0 Å². The third-order valence-corrected chi connectivity index (χ3v) is 2.97. The van der Waals surface area contributed by atoms with E-state index in [-0.39, 0.29) is 0 Å². The molecule has 0 amide bonds. The number of nitrogens with one attached hydrogen (secondary N) is 1. The SMILES string of the molecule is COC(=O)c1cc(N)ccc1Nc1ccc(CC#N)cc1. The molecule has 0 aliphatic heterocycles. The molecular weight excluding hydrogens is 266 g/mol. The van der Waals surface area contributed by atoms with Crippen LogP contribution in [0.1, 0.15) is 15.9 Å². The first kappa shape index (κ1) is 14.4. The van der Waals surface area contributed by atoms with E-state index in [9.17, 15) is 4.79 Å². The van der Waals surface area contributed by atoms with Crippen LogP contribution >= 0.6 is 0 Å². The van der Waals surface area contributed by atoms with Gasteiger partial charge in [-0.25, -0.2) is 4.79 Å². The van der Waals surface area contributed by atoms with E-state index in [4.69, 9.17) is 15.7 Å². The average molecular weight is 281 g/mol. The third-order valence-electron chi connectivity index (χ3n) is 2.97. The summed E-state index contributed by atoms with van der Waals surface area (Å²) in [6, 6.07) is 14.5. The van der Waals surface area contributed by atoms with Gasteiger partial charge in [0.15, 0.2) is 0 Å². The second-order valence-corrected chi connectivity index (χ2v) is 4.45. The predicted molar refractivity (Wildman–Crippen MR) is 81.2 cm³/mol. The standard InChI is InChI=1S/C16H15N3O2/c1-21-16(20)14-10-12(18)4-7-15(14)19-13-5-2-11(3-6-13)8-9-17/h2-7,10,19H,8,18H2,1H3. The van der Waals surface area contributed by atoms with Crippen molar-refractivity contribution < 1.29 is 9.53 Å². The van der Waals surface area contributed by atoms with Gasteiger partial charge >= 0.3 is 5.97 Å². The molecular formula is C16H15N3O2. The minimum Gasteiger partial charge on any atom is -0.465 e. The van der Waals surface area contributed by atoms with Crippen LogP contribution in [0.4, 0.5) is 17.1 Å². The van der Waals surface area contributed by atoms with Crippen molar-refractivity contribution in [1.82, 2.24) is 0 Å². The maximum absolute atomic E-state index is 11.8. The molecule has 0 bridgehead atoms. The topological polar surface area (TPSA) is 88.1 Å². The van der Waals surface area contributed by atoms with Crippen molar-refractivity contribution in [1.29, 1.82) is 5.26 Å². The van der Waals surface area contributed by atoms with Gasteiger partial charge in [0.05, 0.1) is 30.9 Å². The van der Waals surface area contributed by atoms with Crippen LogP contribution in [-0.2, 0) is 11.2 Å². The fourth-order valence-corrected chi connectivity index (χ4v) is 1.90.